The van der Waals surface area contributed by atoms with Crippen molar-refractivity contribution < 1.29 is 9.21 Å². The minimum atomic E-state index is 0.0960. The first-order valence-electron chi connectivity index (χ1n) is 8.40. The molecule has 1 aromatic heterocycles. The zero-order valence-electron chi connectivity index (χ0n) is 14.0. The number of hydrogen-bond donors (Lipinski definition) is 0. The Bertz CT molecular complexity index is 968. The van der Waals surface area contributed by atoms with Crippen LogP contribution >= 0.6 is 23.4 Å². The molecule has 0 fully saturated rings. The number of hydrogen-bond acceptors (Lipinski definition) is 4. The fourth-order valence-electron chi connectivity index (χ4n) is 2.96. The van der Waals surface area contributed by atoms with Gasteiger partial charge >= 0.3 is 0 Å². The van der Waals surface area contributed by atoms with Crippen molar-refractivity contribution in [3.05, 3.63) is 65.2 Å². The molecule has 1 amide bonds. The monoisotopic (exact) mass is 384 g/mol. The number of carbonyl (C=O) groups is 1. The predicted molar refractivity (Wildman–Crippen MR) is 105 cm³/mol. The summed E-state index contributed by atoms with van der Waals surface area (Å²) in [5, 5.41) is 1.10. The zero-order valence-corrected chi connectivity index (χ0v) is 15.6. The second kappa shape index (κ2) is 7.56. The van der Waals surface area contributed by atoms with Crippen LogP contribution in [0.25, 0.3) is 16.7 Å². The van der Waals surface area contributed by atoms with Gasteiger partial charge in [-0.25, -0.2) is 4.98 Å². The topological polar surface area (TPSA) is 46.3 Å². The molecule has 0 saturated heterocycles. The molecule has 0 aliphatic carbocycles. The number of rotatable bonds is 4. The van der Waals surface area contributed by atoms with Gasteiger partial charge in [0.2, 0.25) is 5.91 Å². The van der Waals surface area contributed by atoms with Gasteiger partial charge in [0.25, 0.3) is 5.22 Å². The van der Waals surface area contributed by atoms with Crippen LogP contribution in [0.4, 0.5) is 0 Å². The smallest absolute Gasteiger partial charge is 0.257 e. The van der Waals surface area contributed by atoms with Crippen LogP contribution in [0.2, 0.25) is 5.02 Å². The van der Waals surface area contributed by atoms with Gasteiger partial charge in [-0.3, -0.25) is 4.79 Å². The molecule has 0 spiro atoms. The van der Waals surface area contributed by atoms with Gasteiger partial charge in [-0.2, -0.15) is 0 Å². The Kier molecular flexibility index (Phi) is 5.00. The summed E-state index contributed by atoms with van der Waals surface area (Å²) in [4.78, 5) is 18.7. The fourth-order valence-corrected chi connectivity index (χ4v) is 3.87. The Morgan fingerprint density at radius 1 is 1.23 bits per heavy atom. The molecular formula is C20H17ClN2O2S. The number of nitrogens with zero attached hydrogens (tertiary/aromatic N) is 2. The summed E-state index contributed by atoms with van der Waals surface area (Å²) in [6.45, 7) is 1.38. The Labute approximate surface area is 160 Å². The van der Waals surface area contributed by atoms with Gasteiger partial charge in [-0.15, -0.1) is 0 Å². The minimum Gasteiger partial charge on any atom is -0.431 e. The fraction of sp³-hybridized carbons (Fsp3) is 0.200. The Morgan fingerprint density at radius 2 is 2.08 bits per heavy atom. The highest BCUT2D eigenvalue weighted by atomic mass is 35.5. The number of aromatic nitrogens is 1. The number of carbonyl (C=O) groups excluding carboxylic acids is 1. The molecule has 2 aromatic carbocycles. The molecule has 6 heteroatoms. The van der Waals surface area contributed by atoms with E-state index in [1.54, 1.807) is 12.1 Å². The van der Waals surface area contributed by atoms with Crippen LogP contribution < -0.4 is 0 Å². The van der Waals surface area contributed by atoms with Gasteiger partial charge in [0.1, 0.15) is 5.52 Å². The standard InChI is InChI=1S/C20H17ClN2O2S/c21-16-6-7-17-18(12-16)25-20(22-17)26-13-19(24)23-10-8-15(9-11-23)14-4-2-1-3-5-14/h1-8,12H,9-11,13H2. The summed E-state index contributed by atoms with van der Waals surface area (Å²) in [5.74, 6) is 0.411. The molecule has 2 heterocycles. The van der Waals surface area contributed by atoms with Gasteiger partial charge in [0.05, 0.1) is 5.75 Å². The first-order valence-corrected chi connectivity index (χ1v) is 9.76. The molecule has 0 N–H and O–H groups in total. The maximum absolute atomic E-state index is 12.5. The van der Waals surface area contributed by atoms with Crippen LogP contribution in [0, 0.1) is 0 Å². The molecule has 4 rings (SSSR count). The number of benzene rings is 2. The molecule has 1 aliphatic heterocycles. The summed E-state index contributed by atoms with van der Waals surface area (Å²) in [7, 11) is 0. The van der Waals surface area contributed by atoms with Gasteiger partial charge in [0, 0.05) is 24.2 Å². The molecule has 3 aromatic rings. The summed E-state index contributed by atoms with van der Waals surface area (Å²) >= 11 is 7.27. The number of halogens is 1. The van der Waals surface area contributed by atoms with Crippen molar-refractivity contribution in [2.24, 2.45) is 0 Å². The van der Waals surface area contributed by atoms with Gasteiger partial charge < -0.3 is 9.32 Å². The summed E-state index contributed by atoms with van der Waals surface area (Å²) < 4.78 is 5.65. The third-order valence-corrected chi connectivity index (χ3v) is 5.40. The van der Waals surface area contributed by atoms with Gasteiger partial charge in [0.15, 0.2) is 5.58 Å². The van der Waals surface area contributed by atoms with Crippen molar-refractivity contribution in [2.45, 2.75) is 11.6 Å². The maximum atomic E-state index is 12.5. The quantitative estimate of drug-likeness (QED) is 0.601. The van der Waals surface area contributed by atoms with Crippen LogP contribution in [0.5, 0.6) is 0 Å². The predicted octanol–water partition coefficient (Wildman–Crippen LogP) is 4.89. The van der Waals surface area contributed by atoms with Crippen LogP contribution in [0.15, 0.2) is 64.2 Å². The van der Waals surface area contributed by atoms with Crippen LogP contribution in [0.1, 0.15) is 12.0 Å². The van der Waals surface area contributed by atoms with Crippen molar-refractivity contribution in [3.63, 3.8) is 0 Å². The molecule has 1 aliphatic rings. The average molecular weight is 385 g/mol. The van der Waals surface area contributed by atoms with Crippen molar-refractivity contribution in [1.82, 2.24) is 9.88 Å². The summed E-state index contributed by atoms with van der Waals surface area (Å²) in [5.41, 5.74) is 3.93. The minimum absolute atomic E-state index is 0.0960. The van der Waals surface area contributed by atoms with Crippen LogP contribution in [0.3, 0.4) is 0 Å². The molecule has 0 unspecified atom stereocenters. The van der Waals surface area contributed by atoms with Crippen molar-refractivity contribution in [2.75, 3.05) is 18.8 Å². The maximum Gasteiger partial charge on any atom is 0.257 e. The van der Waals surface area contributed by atoms with E-state index in [0.717, 1.165) is 18.5 Å². The lowest BCUT2D eigenvalue weighted by atomic mass is 10.00. The Morgan fingerprint density at radius 3 is 2.85 bits per heavy atom. The molecule has 132 valence electrons. The lowest BCUT2D eigenvalue weighted by Crippen LogP contribution is -2.35. The molecule has 0 saturated carbocycles. The molecule has 0 radical (unpaired) electrons. The third-order valence-electron chi connectivity index (χ3n) is 4.36. The second-order valence-corrected chi connectivity index (χ2v) is 7.43. The Balaban J connectivity index is 1.36. The second-order valence-electron chi connectivity index (χ2n) is 6.07. The average Bonchev–Trinajstić information content (AvgIpc) is 3.09. The van der Waals surface area contributed by atoms with E-state index in [2.05, 4.69) is 23.2 Å². The van der Waals surface area contributed by atoms with E-state index in [0.29, 0.717) is 28.1 Å². The lowest BCUT2D eigenvalue weighted by Gasteiger charge is -2.26. The SMILES string of the molecule is O=C(CSc1nc2ccc(Cl)cc2o1)N1CC=C(c2ccccc2)CC1. The molecule has 0 atom stereocenters. The van der Waals surface area contributed by atoms with E-state index in [4.69, 9.17) is 16.0 Å². The van der Waals surface area contributed by atoms with E-state index in [1.807, 2.05) is 29.2 Å². The van der Waals surface area contributed by atoms with E-state index in [-0.39, 0.29) is 5.91 Å². The van der Waals surface area contributed by atoms with E-state index in [9.17, 15) is 4.79 Å². The number of fused-ring (bicyclic) bond motifs is 1. The highest BCUT2D eigenvalue weighted by Crippen LogP contribution is 2.27. The van der Waals surface area contributed by atoms with E-state index >= 15 is 0 Å². The number of thioether (sulfide) groups is 1. The normalized spacial score (nSPS) is 14.5. The highest BCUT2D eigenvalue weighted by molar-refractivity contribution is 7.99. The molecule has 4 nitrogen and oxygen atoms in total. The van der Waals surface area contributed by atoms with Crippen molar-refractivity contribution in [1.29, 1.82) is 0 Å². The number of amides is 1. The third kappa shape index (κ3) is 3.79. The van der Waals surface area contributed by atoms with Gasteiger partial charge in [-0.05, 0) is 29.7 Å². The highest BCUT2D eigenvalue weighted by Gasteiger charge is 2.19. The van der Waals surface area contributed by atoms with E-state index in [1.165, 1.54) is 22.9 Å². The molecular weight excluding hydrogens is 368 g/mol. The van der Waals surface area contributed by atoms with Gasteiger partial charge in [-0.1, -0.05) is 59.8 Å². The molecule has 26 heavy (non-hydrogen) atoms. The largest absolute Gasteiger partial charge is 0.431 e. The first-order chi connectivity index (χ1) is 12.7. The van der Waals surface area contributed by atoms with E-state index < -0.39 is 0 Å². The lowest BCUT2D eigenvalue weighted by molar-refractivity contribution is -0.127. The zero-order chi connectivity index (χ0) is 17.9. The van der Waals surface area contributed by atoms with Crippen LogP contribution in [-0.4, -0.2) is 34.6 Å². The summed E-state index contributed by atoms with van der Waals surface area (Å²) in [6.07, 6.45) is 3.02. The Hall–Kier alpha value is -2.24. The summed E-state index contributed by atoms with van der Waals surface area (Å²) in [6, 6.07) is 15.6. The van der Waals surface area contributed by atoms with Crippen molar-refractivity contribution in [3.8, 4) is 0 Å². The number of oxazole rings is 1. The molecule has 0 bridgehead atoms. The van der Waals surface area contributed by atoms with Crippen LogP contribution in [-0.2, 0) is 4.79 Å². The van der Waals surface area contributed by atoms with Crippen molar-refractivity contribution >= 4 is 45.9 Å². The first kappa shape index (κ1) is 17.2.